The Hall–Kier alpha value is -0.280. The van der Waals surface area contributed by atoms with Crippen molar-refractivity contribution in [3.05, 3.63) is 11.1 Å². The third-order valence-electron chi connectivity index (χ3n) is 3.04. The van der Waals surface area contributed by atoms with Crippen molar-refractivity contribution < 1.29 is 0 Å². The lowest BCUT2D eigenvalue weighted by Crippen LogP contribution is -2.35. The molecule has 0 aliphatic carbocycles. The molecule has 0 bridgehead atoms. The Morgan fingerprint density at radius 3 is 3.20 bits per heavy atom. The molecular formula is C11H17ClN2S. The third kappa shape index (κ3) is 2.64. The number of hydrogen-bond acceptors (Lipinski definition) is 3. The molecule has 0 radical (unpaired) electrons. The minimum absolute atomic E-state index is 0.529. The molecule has 1 aliphatic heterocycles. The highest BCUT2D eigenvalue weighted by molar-refractivity contribution is 7.13. The lowest BCUT2D eigenvalue weighted by molar-refractivity contribution is 0.404. The number of piperidine rings is 1. The zero-order valence-electron chi connectivity index (χ0n) is 9.08. The summed E-state index contributed by atoms with van der Waals surface area (Å²) in [5, 5.41) is 3.22. The number of aromatic nitrogens is 1. The van der Waals surface area contributed by atoms with Crippen LogP contribution in [0.3, 0.4) is 0 Å². The molecule has 1 atom stereocenters. The van der Waals surface area contributed by atoms with Crippen molar-refractivity contribution in [2.75, 3.05) is 18.0 Å². The molecule has 84 valence electrons. The van der Waals surface area contributed by atoms with Crippen LogP contribution < -0.4 is 4.90 Å². The maximum atomic E-state index is 5.76. The van der Waals surface area contributed by atoms with Crippen LogP contribution in [0.25, 0.3) is 0 Å². The maximum Gasteiger partial charge on any atom is 0.185 e. The number of anilines is 1. The molecular weight excluding hydrogens is 228 g/mol. The van der Waals surface area contributed by atoms with Crippen molar-refractivity contribution in [1.29, 1.82) is 0 Å². The van der Waals surface area contributed by atoms with E-state index in [1.165, 1.54) is 25.8 Å². The summed E-state index contributed by atoms with van der Waals surface area (Å²) in [7, 11) is 0. The number of halogens is 1. The molecule has 15 heavy (non-hydrogen) atoms. The fourth-order valence-corrected chi connectivity index (χ4v) is 3.17. The number of nitrogens with zero attached hydrogens (tertiary/aromatic N) is 2. The van der Waals surface area contributed by atoms with Crippen molar-refractivity contribution in [3.8, 4) is 0 Å². The molecule has 0 spiro atoms. The molecule has 0 saturated carbocycles. The van der Waals surface area contributed by atoms with Crippen LogP contribution in [-0.2, 0) is 5.88 Å². The standard InChI is InChI=1S/C11H17ClN2S/c1-2-9-4-3-5-14(7-9)11-13-10(6-12)8-15-11/h8-9H,2-7H2,1H3. The lowest BCUT2D eigenvalue weighted by Gasteiger charge is -2.31. The molecule has 0 aromatic carbocycles. The monoisotopic (exact) mass is 244 g/mol. The Balaban J connectivity index is 2.03. The smallest absolute Gasteiger partial charge is 0.185 e. The van der Waals surface area contributed by atoms with E-state index in [2.05, 4.69) is 22.2 Å². The summed E-state index contributed by atoms with van der Waals surface area (Å²) in [6, 6.07) is 0. The Morgan fingerprint density at radius 2 is 2.53 bits per heavy atom. The SMILES string of the molecule is CCC1CCCN(c2nc(CCl)cs2)C1. The third-order valence-corrected chi connectivity index (χ3v) is 4.27. The number of hydrogen-bond donors (Lipinski definition) is 0. The zero-order chi connectivity index (χ0) is 10.7. The number of thiazole rings is 1. The quantitative estimate of drug-likeness (QED) is 0.757. The van der Waals surface area contributed by atoms with Gasteiger partial charge in [-0.2, -0.15) is 0 Å². The number of rotatable bonds is 3. The molecule has 1 aliphatic rings. The van der Waals surface area contributed by atoms with Crippen LogP contribution in [0.2, 0.25) is 0 Å². The van der Waals surface area contributed by atoms with Crippen LogP contribution in [0, 0.1) is 5.92 Å². The minimum Gasteiger partial charge on any atom is -0.348 e. The van der Waals surface area contributed by atoms with E-state index in [0.29, 0.717) is 5.88 Å². The molecule has 1 aromatic rings. The van der Waals surface area contributed by atoms with E-state index >= 15 is 0 Å². The van der Waals surface area contributed by atoms with Gasteiger partial charge < -0.3 is 4.90 Å². The van der Waals surface area contributed by atoms with Gasteiger partial charge in [0.2, 0.25) is 0 Å². The van der Waals surface area contributed by atoms with Gasteiger partial charge >= 0.3 is 0 Å². The van der Waals surface area contributed by atoms with E-state index in [1.807, 2.05) is 0 Å². The van der Waals surface area contributed by atoms with Crippen molar-refractivity contribution in [2.45, 2.75) is 32.1 Å². The van der Waals surface area contributed by atoms with Gasteiger partial charge in [0.25, 0.3) is 0 Å². The molecule has 2 nitrogen and oxygen atoms in total. The minimum atomic E-state index is 0.529. The average molecular weight is 245 g/mol. The largest absolute Gasteiger partial charge is 0.348 e. The van der Waals surface area contributed by atoms with E-state index < -0.39 is 0 Å². The first-order valence-corrected chi connectivity index (χ1v) is 7.00. The topological polar surface area (TPSA) is 16.1 Å². The van der Waals surface area contributed by atoms with Gasteiger partial charge in [-0.25, -0.2) is 4.98 Å². The molecule has 4 heteroatoms. The maximum absolute atomic E-state index is 5.76. The summed E-state index contributed by atoms with van der Waals surface area (Å²) >= 11 is 7.48. The van der Waals surface area contributed by atoms with E-state index in [4.69, 9.17) is 11.6 Å². The molecule has 2 heterocycles. The van der Waals surface area contributed by atoms with Crippen molar-refractivity contribution >= 4 is 28.1 Å². The first-order valence-electron chi connectivity index (χ1n) is 5.58. The molecule has 1 fully saturated rings. The summed E-state index contributed by atoms with van der Waals surface area (Å²) < 4.78 is 0. The molecule has 1 unspecified atom stereocenters. The Kier molecular flexibility index (Phi) is 3.87. The molecule has 0 amide bonds. The predicted octanol–water partition coefficient (Wildman–Crippen LogP) is 3.51. The van der Waals surface area contributed by atoms with Gasteiger partial charge in [0.15, 0.2) is 5.13 Å². The molecule has 1 saturated heterocycles. The van der Waals surface area contributed by atoms with Gasteiger partial charge in [-0.3, -0.25) is 0 Å². The van der Waals surface area contributed by atoms with Gasteiger partial charge in [0.05, 0.1) is 11.6 Å². The van der Waals surface area contributed by atoms with Crippen LogP contribution in [-0.4, -0.2) is 18.1 Å². The first-order chi connectivity index (χ1) is 7.33. The van der Waals surface area contributed by atoms with E-state index in [1.54, 1.807) is 11.3 Å². The van der Waals surface area contributed by atoms with Gasteiger partial charge in [-0.15, -0.1) is 22.9 Å². The second-order valence-electron chi connectivity index (χ2n) is 4.12. The van der Waals surface area contributed by atoms with Crippen LogP contribution >= 0.6 is 22.9 Å². The highest BCUT2D eigenvalue weighted by Crippen LogP contribution is 2.27. The van der Waals surface area contributed by atoms with E-state index in [0.717, 1.165) is 23.3 Å². The van der Waals surface area contributed by atoms with E-state index in [9.17, 15) is 0 Å². The van der Waals surface area contributed by atoms with Crippen molar-refractivity contribution in [1.82, 2.24) is 4.98 Å². The lowest BCUT2D eigenvalue weighted by atomic mass is 9.96. The van der Waals surface area contributed by atoms with Crippen molar-refractivity contribution in [3.63, 3.8) is 0 Å². The van der Waals surface area contributed by atoms with Gasteiger partial charge in [-0.05, 0) is 18.8 Å². The Bertz CT molecular complexity index is 313. The van der Waals surface area contributed by atoms with Crippen LogP contribution in [0.1, 0.15) is 31.9 Å². The molecule has 0 N–H and O–H groups in total. The van der Waals surface area contributed by atoms with Gasteiger partial charge in [-0.1, -0.05) is 13.3 Å². The summed E-state index contributed by atoms with van der Waals surface area (Å²) in [6.07, 6.45) is 3.96. The first kappa shape index (κ1) is 11.2. The Morgan fingerprint density at radius 1 is 1.67 bits per heavy atom. The Labute approximate surface area is 100 Å². The summed E-state index contributed by atoms with van der Waals surface area (Å²) in [5.74, 6) is 1.38. The summed E-state index contributed by atoms with van der Waals surface area (Å²) in [4.78, 5) is 6.95. The second-order valence-corrected chi connectivity index (χ2v) is 5.22. The summed E-state index contributed by atoms with van der Waals surface area (Å²) in [6.45, 7) is 4.61. The predicted molar refractivity (Wildman–Crippen MR) is 66.9 cm³/mol. The van der Waals surface area contributed by atoms with Crippen molar-refractivity contribution in [2.24, 2.45) is 5.92 Å². The van der Waals surface area contributed by atoms with E-state index in [-0.39, 0.29) is 0 Å². The highest BCUT2D eigenvalue weighted by atomic mass is 35.5. The summed E-state index contributed by atoms with van der Waals surface area (Å²) in [5.41, 5.74) is 1.01. The second kappa shape index (κ2) is 5.17. The number of alkyl halides is 1. The van der Waals surface area contributed by atoms with Crippen LogP contribution in [0.5, 0.6) is 0 Å². The van der Waals surface area contributed by atoms with Gasteiger partial charge in [0, 0.05) is 18.5 Å². The normalized spacial score (nSPS) is 22.0. The fourth-order valence-electron chi connectivity index (χ4n) is 2.07. The van der Waals surface area contributed by atoms with Crippen LogP contribution in [0.15, 0.2) is 5.38 Å². The zero-order valence-corrected chi connectivity index (χ0v) is 10.7. The average Bonchev–Trinajstić information content (AvgIpc) is 2.78. The van der Waals surface area contributed by atoms with Gasteiger partial charge in [0.1, 0.15) is 0 Å². The fraction of sp³-hybridized carbons (Fsp3) is 0.727. The molecule has 2 rings (SSSR count). The molecule has 1 aromatic heterocycles. The van der Waals surface area contributed by atoms with Crippen LogP contribution in [0.4, 0.5) is 5.13 Å². The highest BCUT2D eigenvalue weighted by Gasteiger charge is 2.20.